The smallest absolute Gasteiger partial charge is 0.290 e. The van der Waals surface area contributed by atoms with Gasteiger partial charge in [0.2, 0.25) is 0 Å². The number of aliphatic hydroxyl groups excluding tert-OH is 1. The number of piperidine rings is 1. The molecule has 0 radical (unpaired) electrons. The molecule has 1 aromatic rings. The monoisotopic (exact) mass is 439 g/mol. The van der Waals surface area contributed by atoms with Gasteiger partial charge in [0.25, 0.3) is 16.5 Å². The molecular formula is C16H26ClN3O5S2. The van der Waals surface area contributed by atoms with Gasteiger partial charge < -0.3 is 10.2 Å². The van der Waals surface area contributed by atoms with E-state index in [0.29, 0.717) is 27.7 Å². The summed E-state index contributed by atoms with van der Waals surface area (Å²) >= 11 is 7.00. The number of rotatable bonds is 5. The zero-order valence-electron chi connectivity index (χ0n) is 15.0. The van der Waals surface area contributed by atoms with E-state index in [1.165, 1.54) is 0 Å². The van der Waals surface area contributed by atoms with Gasteiger partial charge in [0, 0.05) is 51.9 Å². The average molecular weight is 440 g/mol. The molecule has 0 atom stereocenters. The third-order valence-corrected chi connectivity index (χ3v) is 8.50. The lowest BCUT2D eigenvalue weighted by atomic mass is 10.0. The number of thiophene rings is 1. The molecule has 2 N–H and O–H groups in total. The number of carboxylic acid groups (broad SMARTS) is 1. The normalized spacial score (nSPS) is 20.8. The Labute approximate surface area is 169 Å². The van der Waals surface area contributed by atoms with E-state index in [1.54, 1.807) is 16.4 Å². The lowest BCUT2D eigenvalue weighted by molar-refractivity contribution is -0.122. The van der Waals surface area contributed by atoms with Crippen LogP contribution in [0.15, 0.2) is 16.3 Å². The zero-order valence-corrected chi connectivity index (χ0v) is 17.4. The molecule has 154 valence electrons. The highest BCUT2D eigenvalue weighted by Gasteiger charge is 2.33. The van der Waals surface area contributed by atoms with Crippen LogP contribution in [0.3, 0.4) is 0 Å². The Kier molecular flexibility index (Phi) is 8.93. The number of hydrogen-bond donors (Lipinski definition) is 2. The summed E-state index contributed by atoms with van der Waals surface area (Å²) in [5.74, 6) is 0. The van der Waals surface area contributed by atoms with Gasteiger partial charge in [-0.25, -0.2) is 8.42 Å². The molecule has 1 aromatic heterocycles. The highest BCUT2D eigenvalue weighted by atomic mass is 35.5. The van der Waals surface area contributed by atoms with Gasteiger partial charge in [-0.3, -0.25) is 14.6 Å². The van der Waals surface area contributed by atoms with Gasteiger partial charge in [0.1, 0.15) is 4.21 Å². The van der Waals surface area contributed by atoms with E-state index < -0.39 is 10.0 Å². The average Bonchev–Trinajstić information content (AvgIpc) is 3.11. The Morgan fingerprint density at radius 3 is 2.22 bits per heavy atom. The molecule has 11 heteroatoms. The molecule has 8 nitrogen and oxygen atoms in total. The first kappa shape index (κ1) is 22.5. The van der Waals surface area contributed by atoms with Crippen LogP contribution in [0, 0.1) is 0 Å². The Morgan fingerprint density at radius 1 is 1.15 bits per heavy atom. The first-order chi connectivity index (χ1) is 12.9. The molecule has 3 rings (SSSR count). The van der Waals surface area contributed by atoms with Crippen LogP contribution < -0.4 is 0 Å². The molecule has 0 aliphatic carbocycles. The summed E-state index contributed by atoms with van der Waals surface area (Å²) in [6.07, 6.45) is 1.75. The molecule has 2 fully saturated rings. The summed E-state index contributed by atoms with van der Waals surface area (Å²) < 4.78 is 27.7. The number of carbonyl (C=O) groups is 1. The highest BCUT2D eigenvalue weighted by Crippen LogP contribution is 2.30. The fourth-order valence-corrected chi connectivity index (χ4v) is 6.61. The van der Waals surface area contributed by atoms with E-state index in [1.807, 2.05) is 0 Å². The molecule has 2 aliphatic rings. The topological polar surface area (TPSA) is 101 Å². The molecule has 0 amide bonds. The largest absolute Gasteiger partial charge is 0.483 e. The summed E-state index contributed by atoms with van der Waals surface area (Å²) in [5, 5.41) is 15.9. The highest BCUT2D eigenvalue weighted by molar-refractivity contribution is 7.91. The predicted molar refractivity (Wildman–Crippen MR) is 105 cm³/mol. The van der Waals surface area contributed by atoms with Gasteiger partial charge in [0.15, 0.2) is 0 Å². The van der Waals surface area contributed by atoms with Crippen molar-refractivity contribution in [2.75, 3.05) is 52.4 Å². The molecular weight excluding hydrogens is 414 g/mol. The van der Waals surface area contributed by atoms with Gasteiger partial charge in [-0.2, -0.15) is 4.31 Å². The van der Waals surface area contributed by atoms with Gasteiger partial charge in [0.05, 0.1) is 10.9 Å². The van der Waals surface area contributed by atoms with Crippen LogP contribution >= 0.6 is 22.9 Å². The number of sulfonamides is 1. The van der Waals surface area contributed by atoms with Crippen LogP contribution in [0.25, 0.3) is 0 Å². The first-order valence-corrected chi connectivity index (χ1v) is 11.5. The number of aliphatic hydroxyl groups is 1. The van der Waals surface area contributed by atoms with Crippen LogP contribution in [0.1, 0.15) is 12.8 Å². The van der Waals surface area contributed by atoms with Crippen LogP contribution in [0.4, 0.5) is 0 Å². The summed E-state index contributed by atoms with van der Waals surface area (Å²) in [6.45, 7) is 5.80. The van der Waals surface area contributed by atoms with Crippen LogP contribution in [0.2, 0.25) is 4.34 Å². The van der Waals surface area contributed by atoms with Crippen molar-refractivity contribution in [2.24, 2.45) is 0 Å². The van der Waals surface area contributed by atoms with Crippen molar-refractivity contribution in [3.05, 3.63) is 16.5 Å². The van der Waals surface area contributed by atoms with Gasteiger partial charge in [-0.05, 0) is 25.0 Å². The van der Waals surface area contributed by atoms with E-state index in [4.69, 9.17) is 26.6 Å². The third-order valence-electron chi connectivity index (χ3n) is 4.91. The second-order valence-corrected chi connectivity index (χ2v) is 10.3. The SMILES string of the molecule is O=CO.O=S(=O)(c1ccc(Cl)s1)N1CCC(N2CCN(CCO)CC2)CC1. The van der Waals surface area contributed by atoms with Gasteiger partial charge in [-0.1, -0.05) is 11.6 Å². The third kappa shape index (κ3) is 6.11. The number of piperazine rings is 1. The van der Waals surface area contributed by atoms with E-state index in [9.17, 15) is 8.42 Å². The molecule has 3 heterocycles. The quantitative estimate of drug-likeness (QED) is 0.656. The maximum atomic E-state index is 12.6. The van der Waals surface area contributed by atoms with E-state index in [-0.39, 0.29) is 13.1 Å². The zero-order chi connectivity index (χ0) is 19.9. The summed E-state index contributed by atoms with van der Waals surface area (Å²) in [4.78, 5) is 13.1. The maximum absolute atomic E-state index is 12.6. The summed E-state index contributed by atoms with van der Waals surface area (Å²) in [5.41, 5.74) is 0. The lowest BCUT2D eigenvalue weighted by Crippen LogP contribution is -2.54. The molecule has 0 unspecified atom stereocenters. The molecule has 0 aromatic carbocycles. The van der Waals surface area contributed by atoms with E-state index >= 15 is 0 Å². The van der Waals surface area contributed by atoms with Crippen molar-refractivity contribution in [1.82, 2.24) is 14.1 Å². The number of nitrogens with zero attached hydrogens (tertiary/aromatic N) is 3. The minimum absolute atomic E-state index is 0.211. The maximum Gasteiger partial charge on any atom is 0.290 e. The van der Waals surface area contributed by atoms with Crippen LogP contribution in [-0.4, -0.2) is 97.7 Å². The molecule has 0 spiro atoms. The van der Waals surface area contributed by atoms with Crippen molar-refractivity contribution < 1.29 is 23.4 Å². The minimum atomic E-state index is -3.40. The Hall–Kier alpha value is -0.750. The second-order valence-electron chi connectivity index (χ2n) is 6.40. The van der Waals surface area contributed by atoms with Crippen LogP contribution in [-0.2, 0) is 14.8 Å². The van der Waals surface area contributed by atoms with E-state index in [2.05, 4.69) is 9.80 Å². The van der Waals surface area contributed by atoms with Crippen molar-refractivity contribution in [3.63, 3.8) is 0 Å². The lowest BCUT2D eigenvalue weighted by Gasteiger charge is -2.42. The van der Waals surface area contributed by atoms with Crippen molar-refractivity contribution in [1.29, 1.82) is 0 Å². The molecule has 0 saturated carbocycles. The second kappa shape index (κ2) is 10.7. The molecule has 2 saturated heterocycles. The van der Waals surface area contributed by atoms with Gasteiger partial charge >= 0.3 is 0 Å². The van der Waals surface area contributed by atoms with Gasteiger partial charge in [-0.15, -0.1) is 11.3 Å². The van der Waals surface area contributed by atoms with E-state index in [0.717, 1.165) is 56.9 Å². The number of hydrogen-bond acceptors (Lipinski definition) is 7. The number of halogens is 1. The molecule has 0 bridgehead atoms. The number of β-amino-alcohol motifs (C(OH)–C–C–N with tert-alkyl or cyclic N) is 1. The Morgan fingerprint density at radius 2 is 1.74 bits per heavy atom. The molecule has 27 heavy (non-hydrogen) atoms. The first-order valence-electron chi connectivity index (χ1n) is 8.83. The summed E-state index contributed by atoms with van der Waals surface area (Å²) in [7, 11) is -3.40. The standard InChI is InChI=1S/C15H24ClN3O3S2.CH2O2/c16-14-1-2-15(23-14)24(21,22)19-5-3-13(4-6-19)18-9-7-17(8-10-18)11-12-20;2-1-3/h1-2,13,20H,3-12H2;1H,(H,2,3). The van der Waals surface area contributed by atoms with Crippen molar-refractivity contribution >= 4 is 39.4 Å². The summed E-state index contributed by atoms with van der Waals surface area (Å²) in [6, 6.07) is 3.69. The fourth-order valence-electron chi connectivity index (χ4n) is 3.50. The predicted octanol–water partition coefficient (Wildman–Crippen LogP) is 0.865. The Bertz CT molecular complexity index is 684. The minimum Gasteiger partial charge on any atom is -0.483 e. The van der Waals surface area contributed by atoms with Crippen molar-refractivity contribution in [3.8, 4) is 0 Å². The fraction of sp³-hybridized carbons (Fsp3) is 0.688. The van der Waals surface area contributed by atoms with Crippen LogP contribution in [0.5, 0.6) is 0 Å². The van der Waals surface area contributed by atoms with Crippen molar-refractivity contribution in [2.45, 2.75) is 23.1 Å². The molecule has 2 aliphatic heterocycles. The Balaban J connectivity index is 0.000000817.